The Morgan fingerprint density at radius 1 is 1.31 bits per heavy atom. The molecule has 0 spiro atoms. The number of pyridine rings is 1. The van der Waals surface area contributed by atoms with Crippen molar-refractivity contribution >= 4 is 14.0 Å². The van der Waals surface area contributed by atoms with Gasteiger partial charge in [0.25, 0.3) is 0 Å². The van der Waals surface area contributed by atoms with E-state index >= 15 is 0 Å². The molecule has 0 radical (unpaired) electrons. The normalized spacial score (nSPS) is 21.6. The summed E-state index contributed by atoms with van der Waals surface area (Å²) >= 11 is 0. The number of morpholine rings is 1. The Bertz CT molecular complexity index is 590. The second kappa shape index (κ2) is 8.69. The van der Waals surface area contributed by atoms with Gasteiger partial charge in [-0.1, -0.05) is 20.8 Å². The molecule has 0 unspecified atom stereocenters. The maximum Gasteiger partial charge on any atom is 0.237 e. The smallest absolute Gasteiger partial charge is 0.237 e. The van der Waals surface area contributed by atoms with E-state index in [1.54, 1.807) is 13.3 Å². The molecule has 1 aliphatic rings. The number of nitrogens with zero attached hydrogens (tertiary/aromatic N) is 1. The first-order chi connectivity index (χ1) is 12.1. The summed E-state index contributed by atoms with van der Waals surface area (Å²) in [6.45, 7) is 13.7. The monoisotopic (exact) mass is 381 g/mol. The Labute approximate surface area is 158 Å². The lowest BCUT2D eigenvalue weighted by molar-refractivity contribution is -0.0604. The molecule has 2 atom stereocenters. The van der Waals surface area contributed by atoms with Crippen molar-refractivity contribution in [2.24, 2.45) is 0 Å². The highest BCUT2D eigenvalue weighted by molar-refractivity contribution is 6.74. The van der Waals surface area contributed by atoms with Gasteiger partial charge in [0.2, 0.25) is 5.88 Å². The highest BCUT2D eigenvalue weighted by Gasteiger charge is 2.38. The van der Waals surface area contributed by atoms with Crippen LogP contribution in [0.15, 0.2) is 12.3 Å². The number of hydrogen-bond acceptors (Lipinski definition) is 6. The number of nitrogen functional groups attached to an aromatic ring is 1. The summed E-state index contributed by atoms with van der Waals surface area (Å²) in [6.07, 6.45) is 3.75. The first-order valence-electron chi connectivity index (χ1n) is 9.41. The fraction of sp³-hybridized carbons (Fsp3) is 0.737. The van der Waals surface area contributed by atoms with E-state index in [9.17, 15) is 0 Å². The van der Waals surface area contributed by atoms with Crippen LogP contribution in [0, 0.1) is 0 Å². The van der Waals surface area contributed by atoms with Crippen LogP contribution in [0.2, 0.25) is 18.1 Å². The Morgan fingerprint density at radius 3 is 2.65 bits per heavy atom. The zero-order chi connectivity index (χ0) is 19.4. The zero-order valence-electron chi connectivity index (χ0n) is 17.1. The third kappa shape index (κ3) is 5.42. The van der Waals surface area contributed by atoms with Crippen LogP contribution in [-0.4, -0.2) is 52.3 Å². The van der Waals surface area contributed by atoms with Crippen molar-refractivity contribution < 1.29 is 13.9 Å². The Morgan fingerprint density at radius 2 is 2.00 bits per heavy atom. The summed E-state index contributed by atoms with van der Waals surface area (Å²) in [5, 5.41) is 3.69. The quantitative estimate of drug-likeness (QED) is 0.707. The van der Waals surface area contributed by atoms with Gasteiger partial charge in [0.1, 0.15) is 0 Å². The van der Waals surface area contributed by atoms with Crippen LogP contribution < -0.4 is 15.8 Å². The lowest BCUT2D eigenvalue weighted by atomic mass is 10.1. The topological polar surface area (TPSA) is 78.6 Å². The number of methoxy groups -OCH3 is 1. The largest absolute Gasteiger partial charge is 0.480 e. The molecule has 1 aromatic rings. The van der Waals surface area contributed by atoms with Crippen molar-refractivity contribution in [3.63, 3.8) is 0 Å². The number of anilines is 1. The van der Waals surface area contributed by atoms with Gasteiger partial charge in [0.15, 0.2) is 8.32 Å². The number of rotatable bonds is 7. The van der Waals surface area contributed by atoms with Gasteiger partial charge in [0, 0.05) is 19.3 Å². The highest BCUT2D eigenvalue weighted by atomic mass is 28.4. The van der Waals surface area contributed by atoms with E-state index in [2.05, 4.69) is 44.2 Å². The predicted molar refractivity (Wildman–Crippen MR) is 108 cm³/mol. The predicted octanol–water partition coefficient (Wildman–Crippen LogP) is 2.98. The van der Waals surface area contributed by atoms with Gasteiger partial charge in [-0.05, 0) is 42.6 Å². The molecular formula is C19H35N3O3Si. The third-order valence-electron chi connectivity index (χ3n) is 5.54. The van der Waals surface area contributed by atoms with Gasteiger partial charge >= 0.3 is 0 Å². The molecule has 1 aromatic heterocycles. The van der Waals surface area contributed by atoms with Gasteiger partial charge in [-0.15, -0.1) is 0 Å². The third-order valence-corrected chi connectivity index (χ3v) is 10.0. The summed E-state index contributed by atoms with van der Waals surface area (Å²) < 4.78 is 17.8. The van der Waals surface area contributed by atoms with Crippen molar-refractivity contribution in [3.05, 3.63) is 17.8 Å². The molecule has 1 fully saturated rings. The number of nitrogens with one attached hydrogen (secondary N) is 1. The van der Waals surface area contributed by atoms with E-state index in [1.165, 1.54) is 0 Å². The Hall–Kier alpha value is -1.15. The van der Waals surface area contributed by atoms with E-state index in [4.69, 9.17) is 19.6 Å². The molecule has 0 saturated carbocycles. The van der Waals surface area contributed by atoms with Crippen LogP contribution in [0.25, 0.3) is 0 Å². The average Bonchev–Trinajstić information content (AvgIpc) is 2.58. The van der Waals surface area contributed by atoms with Crippen molar-refractivity contribution in [1.82, 2.24) is 10.3 Å². The number of nitrogens with two attached hydrogens (primary N) is 1. The fourth-order valence-corrected chi connectivity index (χ4v) is 3.78. The first-order valence-corrected chi connectivity index (χ1v) is 12.3. The number of aromatic nitrogens is 1. The molecule has 7 heteroatoms. The number of ether oxygens (including phenoxy) is 2. The van der Waals surface area contributed by atoms with Crippen LogP contribution in [0.1, 0.15) is 32.8 Å². The van der Waals surface area contributed by atoms with E-state index < -0.39 is 8.32 Å². The standard InChI is InChI=1S/C19H35N3O3Si/c1-19(2,3)26(5,6)24-13-16-12-21-11-15(25-16)8-7-14-9-10-22-18(23-4)17(14)20/h9-10,15-16,21H,7-8,11-13,20H2,1-6H3/t15-,16+/m1/s1. The minimum absolute atomic E-state index is 0.104. The first kappa shape index (κ1) is 21.2. The summed E-state index contributed by atoms with van der Waals surface area (Å²) in [4.78, 5) is 4.13. The number of hydrogen-bond donors (Lipinski definition) is 2. The van der Waals surface area contributed by atoms with E-state index in [0.29, 0.717) is 18.2 Å². The molecule has 2 rings (SSSR count). The maximum absolute atomic E-state index is 6.32. The van der Waals surface area contributed by atoms with Crippen molar-refractivity contribution in [2.45, 2.75) is 64.0 Å². The minimum Gasteiger partial charge on any atom is -0.480 e. The molecule has 0 amide bonds. The van der Waals surface area contributed by atoms with Gasteiger partial charge in [0.05, 0.1) is 31.6 Å². The molecule has 6 nitrogen and oxygen atoms in total. The Balaban J connectivity index is 1.85. The Kier molecular flexibility index (Phi) is 7.07. The molecule has 1 saturated heterocycles. The lowest BCUT2D eigenvalue weighted by Gasteiger charge is -2.38. The van der Waals surface area contributed by atoms with Crippen molar-refractivity contribution in [1.29, 1.82) is 0 Å². The van der Waals surface area contributed by atoms with Gasteiger partial charge < -0.3 is 25.0 Å². The second-order valence-electron chi connectivity index (χ2n) is 8.54. The van der Waals surface area contributed by atoms with E-state index in [0.717, 1.165) is 31.5 Å². The molecule has 0 bridgehead atoms. The molecule has 2 heterocycles. The van der Waals surface area contributed by atoms with E-state index in [-0.39, 0.29) is 17.2 Å². The van der Waals surface area contributed by atoms with Crippen LogP contribution >= 0.6 is 0 Å². The number of aryl methyl sites for hydroxylation is 1. The highest BCUT2D eigenvalue weighted by Crippen LogP contribution is 2.36. The maximum atomic E-state index is 6.32. The zero-order valence-corrected chi connectivity index (χ0v) is 18.1. The van der Waals surface area contributed by atoms with E-state index in [1.807, 2.05) is 6.07 Å². The molecule has 3 N–H and O–H groups in total. The molecular weight excluding hydrogens is 346 g/mol. The fourth-order valence-electron chi connectivity index (χ4n) is 2.75. The lowest BCUT2D eigenvalue weighted by Crippen LogP contribution is -2.49. The van der Waals surface area contributed by atoms with Crippen molar-refractivity contribution in [2.75, 3.05) is 32.5 Å². The van der Waals surface area contributed by atoms with Crippen LogP contribution in [0.5, 0.6) is 5.88 Å². The molecule has 0 aromatic carbocycles. The molecule has 26 heavy (non-hydrogen) atoms. The van der Waals surface area contributed by atoms with Crippen molar-refractivity contribution in [3.8, 4) is 5.88 Å². The van der Waals surface area contributed by atoms with Crippen LogP contribution in [-0.2, 0) is 15.6 Å². The van der Waals surface area contributed by atoms with Gasteiger partial charge in [-0.3, -0.25) is 0 Å². The SMILES string of the molecule is COc1nccc(CC[C@@H]2CNC[C@@H](CO[Si](C)(C)C(C)(C)C)O2)c1N. The van der Waals surface area contributed by atoms with Crippen LogP contribution in [0.4, 0.5) is 5.69 Å². The summed E-state index contributed by atoms with van der Waals surface area (Å²) in [7, 11) is -0.158. The minimum atomic E-state index is -1.75. The van der Waals surface area contributed by atoms with Crippen LogP contribution in [0.3, 0.4) is 0 Å². The molecule has 1 aliphatic heterocycles. The van der Waals surface area contributed by atoms with Gasteiger partial charge in [-0.25, -0.2) is 4.98 Å². The summed E-state index contributed by atoms with van der Waals surface area (Å²) in [6, 6.07) is 1.95. The average molecular weight is 382 g/mol. The summed E-state index contributed by atoms with van der Waals surface area (Å²) in [5.41, 5.74) is 7.79. The molecule has 148 valence electrons. The molecule has 0 aliphatic carbocycles. The second-order valence-corrected chi connectivity index (χ2v) is 13.4. The summed E-state index contributed by atoms with van der Waals surface area (Å²) in [5.74, 6) is 0.492. The van der Waals surface area contributed by atoms with Gasteiger partial charge in [-0.2, -0.15) is 0 Å².